The van der Waals surface area contributed by atoms with Crippen molar-refractivity contribution >= 4 is 6.34 Å². The zero-order valence-electron chi connectivity index (χ0n) is 22.9. The first-order valence-corrected chi connectivity index (χ1v) is 12.8. The van der Waals surface area contributed by atoms with Gasteiger partial charge in [0.25, 0.3) is 0 Å². The molecule has 3 rings (SSSR count). The highest BCUT2D eigenvalue weighted by Crippen LogP contribution is 2.45. The number of rotatable bonds is 11. The van der Waals surface area contributed by atoms with E-state index in [4.69, 9.17) is 5.84 Å². The summed E-state index contributed by atoms with van der Waals surface area (Å²) < 4.78 is 72.4. The Bertz CT molecular complexity index is 1490. The summed E-state index contributed by atoms with van der Waals surface area (Å²) in [7, 11) is 0. The number of aliphatic hydroxyl groups is 1. The lowest BCUT2D eigenvalue weighted by Crippen LogP contribution is -2.51. The highest BCUT2D eigenvalue weighted by molar-refractivity contribution is 5.54. The number of benzene rings is 2. The van der Waals surface area contributed by atoms with Gasteiger partial charge in [-0.3, -0.25) is 4.98 Å². The first-order valence-electron chi connectivity index (χ1n) is 12.8. The molecule has 0 aliphatic carbocycles. The minimum Gasteiger partial charge on any atom is -0.381 e. The van der Waals surface area contributed by atoms with E-state index in [1.54, 1.807) is 12.1 Å². The normalized spacial score (nSPS) is 14.3. The van der Waals surface area contributed by atoms with Gasteiger partial charge in [0.2, 0.25) is 0 Å². The maximum absolute atomic E-state index is 15.7. The van der Waals surface area contributed by atoms with Crippen LogP contribution < -0.4 is 16.5 Å². The van der Waals surface area contributed by atoms with Gasteiger partial charge in [-0.25, -0.2) is 13.2 Å². The van der Waals surface area contributed by atoms with Crippen LogP contribution in [-0.4, -0.2) is 23.0 Å². The van der Waals surface area contributed by atoms with Crippen LogP contribution >= 0.6 is 0 Å². The highest BCUT2D eigenvalue weighted by Gasteiger charge is 2.57. The fraction of sp³-hybridized carbons (Fsp3) is 0.226. The van der Waals surface area contributed by atoms with Crippen LogP contribution in [0, 0.1) is 35.2 Å². The summed E-state index contributed by atoms with van der Waals surface area (Å²) in [6, 6.07) is 10.4. The second kappa shape index (κ2) is 14.3. The predicted octanol–water partition coefficient (Wildman–Crippen LogP) is 5.21. The summed E-state index contributed by atoms with van der Waals surface area (Å²) in [6.07, 6.45) is 7.55. The third-order valence-corrected chi connectivity index (χ3v) is 6.23. The van der Waals surface area contributed by atoms with Gasteiger partial charge in [-0.1, -0.05) is 36.1 Å². The number of allylic oxidation sites excluding steroid dienone is 3. The van der Waals surface area contributed by atoms with Crippen LogP contribution in [-0.2, 0) is 18.1 Å². The average Bonchev–Trinajstić information content (AvgIpc) is 2.97. The summed E-state index contributed by atoms with van der Waals surface area (Å²) in [4.78, 5) is 3.79. The van der Waals surface area contributed by atoms with Crippen molar-refractivity contribution in [1.82, 2.24) is 15.6 Å². The summed E-state index contributed by atoms with van der Waals surface area (Å²) >= 11 is 0. The van der Waals surface area contributed by atoms with Gasteiger partial charge in [0, 0.05) is 41.5 Å². The number of nitrogens with zero attached hydrogens (tertiary/aromatic N) is 2. The quantitative estimate of drug-likeness (QED) is 0.0473. The number of nitrogens with one attached hydrogen (secondary N) is 2. The van der Waals surface area contributed by atoms with Crippen molar-refractivity contribution in [3.05, 3.63) is 125 Å². The van der Waals surface area contributed by atoms with Crippen molar-refractivity contribution in [2.24, 2.45) is 16.9 Å². The number of halogens is 5. The molecule has 2 atom stereocenters. The Balaban J connectivity index is 1.74. The molecular weight excluding hydrogens is 553 g/mol. The molecule has 0 amide bonds. The molecule has 0 radical (unpaired) electrons. The monoisotopic (exact) mass is 583 g/mol. The van der Waals surface area contributed by atoms with E-state index < -0.39 is 41.0 Å². The van der Waals surface area contributed by atoms with E-state index in [-0.39, 0.29) is 11.7 Å². The molecule has 0 saturated carbocycles. The standard InChI is InChI=1S/C31H30F5N5O/c1-3-26(39-17-23-7-10-24(32)11-8-23)13-5-21(2)4-6-22-9-15-29(40-18-22)31(35,36)30(42,19-38-20-41-37)27-14-12-25(33)16-28(27)34/h3,5,7-16,18,20-21,39,42H,17,19,37H2,1-2H3,(H,38,41)/b13-5-,26-3+. The highest BCUT2D eigenvalue weighted by atomic mass is 19.3. The van der Waals surface area contributed by atoms with E-state index in [9.17, 15) is 18.3 Å². The van der Waals surface area contributed by atoms with E-state index in [0.29, 0.717) is 18.2 Å². The fourth-order valence-corrected chi connectivity index (χ4v) is 3.87. The number of nitrogens with two attached hydrogens (primary N) is 1. The van der Waals surface area contributed by atoms with Crippen molar-refractivity contribution in [2.75, 3.05) is 6.54 Å². The van der Waals surface area contributed by atoms with Gasteiger partial charge in [-0.05, 0) is 61.9 Å². The second-order valence-electron chi connectivity index (χ2n) is 9.29. The van der Waals surface area contributed by atoms with Crippen LogP contribution in [0.5, 0.6) is 0 Å². The Morgan fingerprint density at radius 1 is 1.10 bits per heavy atom. The lowest BCUT2D eigenvalue weighted by atomic mass is 9.84. The SMILES string of the molecule is C/C=C(\C=C/C(C)C#Cc1ccc(C(F)(F)C(O)(CN/C=N\N)c2ccc(F)cc2F)nc1)NCc1ccc(F)cc1. The predicted molar refractivity (Wildman–Crippen MR) is 151 cm³/mol. The smallest absolute Gasteiger partial charge is 0.323 e. The van der Waals surface area contributed by atoms with E-state index in [1.165, 1.54) is 18.2 Å². The van der Waals surface area contributed by atoms with E-state index in [2.05, 4.69) is 32.6 Å². The molecule has 0 bridgehead atoms. The third-order valence-electron chi connectivity index (χ3n) is 6.23. The molecule has 6 nitrogen and oxygen atoms in total. The summed E-state index contributed by atoms with van der Waals surface area (Å²) in [5, 5.41) is 19.7. The minimum atomic E-state index is -4.13. The van der Waals surface area contributed by atoms with Gasteiger partial charge in [-0.2, -0.15) is 13.9 Å². The molecule has 42 heavy (non-hydrogen) atoms. The zero-order valence-corrected chi connectivity index (χ0v) is 22.9. The molecule has 11 heteroatoms. The first-order chi connectivity index (χ1) is 20.0. The number of pyridine rings is 1. The van der Waals surface area contributed by atoms with Gasteiger partial charge in [0.1, 0.15) is 29.5 Å². The van der Waals surface area contributed by atoms with Crippen molar-refractivity contribution in [3.63, 3.8) is 0 Å². The van der Waals surface area contributed by atoms with Gasteiger partial charge in [0.15, 0.2) is 5.60 Å². The average molecular weight is 584 g/mol. The molecule has 5 N–H and O–H groups in total. The van der Waals surface area contributed by atoms with Gasteiger partial charge < -0.3 is 21.6 Å². The van der Waals surface area contributed by atoms with Crippen molar-refractivity contribution in [2.45, 2.75) is 31.9 Å². The Labute approximate surface area is 240 Å². The molecule has 1 aromatic heterocycles. The van der Waals surface area contributed by atoms with Crippen LogP contribution in [0.25, 0.3) is 0 Å². The second-order valence-corrected chi connectivity index (χ2v) is 9.29. The summed E-state index contributed by atoms with van der Waals surface area (Å²) in [6.45, 7) is 3.31. The zero-order chi connectivity index (χ0) is 30.8. The largest absolute Gasteiger partial charge is 0.381 e. The maximum atomic E-state index is 15.7. The summed E-state index contributed by atoms with van der Waals surface area (Å²) in [5.74, 6) is 3.83. The van der Waals surface area contributed by atoms with Crippen LogP contribution in [0.15, 0.2) is 89.8 Å². The Morgan fingerprint density at radius 2 is 1.81 bits per heavy atom. The van der Waals surface area contributed by atoms with Gasteiger partial charge in [-0.15, -0.1) is 0 Å². The molecule has 0 saturated heterocycles. The summed E-state index contributed by atoms with van der Waals surface area (Å²) in [5.41, 5.74) is -2.80. The Hall–Kier alpha value is -4.69. The van der Waals surface area contributed by atoms with E-state index in [0.717, 1.165) is 42.0 Å². The van der Waals surface area contributed by atoms with Crippen molar-refractivity contribution in [1.29, 1.82) is 0 Å². The third kappa shape index (κ3) is 7.95. The van der Waals surface area contributed by atoms with Crippen LogP contribution in [0.2, 0.25) is 0 Å². The minimum absolute atomic E-state index is 0.212. The molecule has 0 fully saturated rings. The number of hydrogen-bond acceptors (Lipinski definition) is 5. The molecule has 2 aromatic carbocycles. The Kier molecular flexibility index (Phi) is 10.8. The van der Waals surface area contributed by atoms with Crippen molar-refractivity contribution in [3.8, 4) is 11.8 Å². The van der Waals surface area contributed by atoms with Gasteiger partial charge in [0.05, 0.1) is 6.54 Å². The topological polar surface area (TPSA) is 95.6 Å². The number of alkyl halides is 2. The number of hydrogen-bond donors (Lipinski definition) is 4. The fourth-order valence-electron chi connectivity index (χ4n) is 3.87. The molecular formula is C31H30F5N5O. The molecule has 3 aromatic rings. The molecule has 1 heterocycles. The van der Waals surface area contributed by atoms with Crippen molar-refractivity contribution < 1.29 is 27.1 Å². The molecule has 0 aliphatic heterocycles. The number of aromatic nitrogens is 1. The Morgan fingerprint density at radius 3 is 2.43 bits per heavy atom. The first kappa shape index (κ1) is 31.8. The van der Waals surface area contributed by atoms with E-state index >= 15 is 8.78 Å². The van der Waals surface area contributed by atoms with Gasteiger partial charge >= 0.3 is 5.92 Å². The van der Waals surface area contributed by atoms with Crippen LogP contribution in [0.1, 0.15) is 36.2 Å². The maximum Gasteiger partial charge on any atom is 0.323 e. The lowest BCUT2D eigenvalue weighted by Gasteiger charge is -2.36. The molecule has 0 aliphatic rings. The van der Waals surface area contributed by atoms with Crippen LogP contribution in [0.3, 0.4) is 0 Å². The lowest BCUT2D eigenvalue weighted by molar-refractivity contribution is -0.195. The van der Waals surface area contributed by atoms with Crippen LogP contribution in [0.4, 0.5) is 22.0 Å². The number of hydrazone groups is 1. The molecule has 2 unspecified atom stereocenters. The molecule has 0 spiro atoms. The van der Waals surface area contributed by atoms with E-state index in [1.807, 2.05) is 32.1 Å². The molecule has 220 valence electrons.